The minimum Gasteiger partial charge on any atom is -0.276 e. The molecule has 0 amide bonds. The molecule has 0 aliphatic heterocycles. The lowest BCUT2D eigenvalue weighted by Gasteiger charge is -2.02. The Morgan fingerprint density at radius 3 is 2.28 bits per heavy atom. The first-order valence-corrected chi connectivity index (χ1v) is 5.50. The highest BCUT2D eigenvalue weighted by molar-refractivity contribution is 6.67. The molecule has 0 saturated carbocycles. The fourth-order valence-corrected chi connectivity index (χ4v) is 1.71. The third-order valence-electron chi connectivity index (χ3n) is 2.50. The monoisotopic (exact) mass is 261 g/mol. The van der Waals surface area contributed by atoms with E-state index in [-0.39, 0.29) is 5.69 Å². The molecular weight excluding hydrogens is 254 g/mol. The van der Waals surface area contributed by atoms with E-state index < -0.39 is 10.2 Å². The van der Waals surface area contributed by atoms with Crippen molar-refractivity contribution in [2.45, 2.75) is 0 Å². The molecular formula is C13H8ClNO3. The van der Waals surface area contributed by atoms with Gasteiger partial charge >= 0.3 is 0 Å². The molecule has 0 heterocycles. The standard InChI is InChI=1S/C13H8ClNO3/c14-13(16)11-3-1-2-10(8-11)9-4-6-12(7-5-9)15(17)18/h1-8H. The molecule has 0 radical (unpaired) electrons. The van der Waals surface area contributed by atoms with Crippen LogP contribution in [0.1, 0.15) is 10.4 Å². The third-order valence-corrected chi connectivity index (χ3v) is 2.72. The second-order valence-electron chi connectivity index (χ2n) is 3.66. The Balaban J connectivity index is 2.39. The average molecular weight is 262 g/mol. The Morgan fingerprint density at radius 2 is 1.72 bits per heavy atom. The highest BCUT2D eigenvalue weighted by Gasteiger charge is 2.07. The van der Waals surface area contributed by atoms with Gasteiger partial charge in [-0.05, 0) is 40.9 Å². The van der Waals surface area contributed by atoms with E-state index in [9.17, 15) is 14.9 Å². The van der Waals surface area contributed by atoms with Crippen LogP contribution < -0.4 is 0 Å². The van der Waals surface area contributed by atoms with Crippen LogP contribution in [0, 0.1) is 10.1 Å². The van der Waals surface area contributed by atoms with Crippen LogP contribution in [0.2, 0.25) is 0 Å². The topological polar surface area (TPSA) is 60.2 Å². The molecule has 0 saturated heterocycles. The van der Waals surface area contributed by atoms with E-state index in [1.54, 1.807) is 30.3 Å². The van der Waals surface area contributed by atoms with E-state index in [4.69, 9.17) is 11.6 Å². The van der Waals surface area contributed by atoms with Crippen LogP contribution in [0.3, 0.4) is 0 Å². The van der Waals surface area contributed by atoms with Gasteiger partial charge in [0.15, 0.2) is 0 Å². The van der Waals surface area contributed by atoms with Crippen molar-refractivity contribution in [2.24, 2.45) is 0 Å². The summed E-state index contributed by atoms with van der Waals surface area (Å²) in [7, 11) is 0. The van der Waals surface area contributed by atoms with Gasteiger partial charge in [-0.15, -0.1) is 0 Å². The zero-order valence-electron chi connectivity index (χ0n) is 9.17. The summed E-state index contributed by atoms with van der Waals surface area (Å²) in [5.41, 5.74) is 2.01. The zero-order chi connectivity index (χ0) is 13.1. The largest absolute Gasteiger partial charge is 0.276 e. The molecule has 2 aromatic carbocycles. The molecule has 0 fully saturated rings. The summed E-state index contributed by atoms with van der Waals surface area (Å²) in [6.07, 6.45) is 0. The summed E-state index contributed by atoms with van der Waals surface area (Å²) in [5.74, 6) is 0. The second-order valence-corrected chi connectivity index (χ2v) is 4.00. The molecule has 0 spiro atoms. The Labute approximate surface area is 108 Å². The van der Waals surface area contributed by atoms with Gasteiger partial charge in [-0.1, -0.05) is 18.2 Å². The first-order valence-electron chi connectivity index (χ1n) is 5.12. The highest BCUT2D eigenvalue weighted by atomic mass is 35.5. The van der Waals surface area contributed by atoms with Crippen molar-refractivity contribution in [3.05, 3.63) is 64.2 Å². The Hall–Kier alpha value is -2.20. The predicted octanol–water partition coefficient (Wildman–Crippen LogP) is 3.64. The number of rotatable bonds is 3. The maximum atomic E-state index is 11.0. The molecule has 0 atom stereocenters. The molecule has 0 unspecified atom stereocenters. The highest BCUT2D eigenvalue weighted by Crippen LogP contribution is 2.23. The van der Waals surface area contributed by atoms with Crippen LogP contribution in [-0.4, -0.2) is 10.2 Å². The van der Waals surface area contributed by atoms with Crippen molar-refractivity contribution in [3.63, 3.8) is 0 Å². The van der Waals surface area contributed by atoms with Crippen LogP contribution in [0.4, 0.5) is 5.69 Å². The number of halogens is 1. The number of nitrogens with zero attached hydrogens (tertiary/aromatic N) is 1. The smallest absolute Gasteiger partial charge is 0.269 e. The molecule has 4 nitrogen and oxygen atoms in total. The molecule has 2 rings (SSSR count). The minimum absolute atomic E-state index is 0.0309. The van der Waals surface area contributed by atoms with E-state index in [0.717, 1.165) is 11.1 Å². The summed E-state index contributed by atoms with van der Waals surface area (Å²) in [5, 5.41) is 10.0. The lowest BCUT2D eigenvalue weighted by molar-refractivity contribution is -0.384. The van der Waals surface area contributed by atoms with E-state index >= 15 is 0 Å². The Morgan fingerprint density at radius 1 is 1.06 bits per heavy atom. The summed E-state index contributed by atoms with van der Waals surface area (Å²) in [4.78, 5) is 21.1. The van der Waals surface area contributed by atoms with Gasteiger partial charge in [-0.2, -0.15) is 0 Å². The molecule has 0 aliphatic carbocycles. The second kappa shape index (κ2) is 4.98. The van der Waals surface area contributed by atoms with Crippen molar-refractivity contribution in [1.82, 2.24) is 0 Å². The maximum Gasteiger partial charge on any atom is 0.269 e. The summed E-state index contributed by atoms with van der Waals surface area (Å²) >= 11 is 5.40. The SMILES string of the molecule is O=C(Cl)c1cccc(-c2ccc([N+](=O)[O-])cc2)c1. The van der Waals surface area contributed by atoms with Gasteiger partial charge in [-0.25, -0.2) is 0 Å². The van der Waals surface area contributed by atoms with Crippen LogP contribution in [-0.2, 0) is 0 Å². The van der Waals surface area contributed by atoms with Gasteiger partial charge in [0, 0.05) is 17.7 Å². The van der Waals surface area contributed by atoms with Crippen molar-refractivity contribution in [1.29, 1.82) is 0 Å². The molecule has 5 heteroatoms. The fourth-order valence-electron chi connectivity index (χ4n) is 1.60. The molecule has 0 bridgehead atoms. The number of benzene rings is 2. The van der Waals surface area contributed by atoms with Crippen LogP contribution in [0.25, 0.3) is 11.1 Å². The maximum absolute atomic E-state index is 11.0. The van der Waals surface area contributed by atoms with Crippen LogP contribution in [0.15, 0.2) is 48.5 Å². The minimum atomic E-state index is -0.529. The van der Waals surface area contributed by atoms with Gasteiger partial charge in [0.05, 0.1) is 4.92 Å². The molecule has 18 heavy (non-hydrogen) atoms. The summed E-state index contributed by atoms with van der Waals surface area (Å²) in [6, 6.07) is 12.9. The fraction of sp³-hybridized carbons (Fsp3) is 0. The number of hydrogen-bond acceptors (Lipinski definition) is 3. The van der Waals surface area contributed by atoms with Crippen LogP contribution >= 0.6 is 11.6 Å². The van der Waals surface area contributed by atoms with Crippen molar-refractivity contribution in [2.75, 3.05) is 0 Å². The number of carbonyl (C=O) groups excluding carboxylic acids is 1. The number of non-ortho nitro benzene ring substituents is 1. The van der Waals surface area contributed by atoms with Crippen LogP contribution in [0.5, 0.6) is 0 Å². The number of hydrogen-bond donors (Lipinski definition) is 0. The predicted molar refractivity (Wildman–Crippen MR) is 68.7 cm³/mol. The van der Waals surface area contributed by atoms with Gasteiger partial charge in [0.25, 0.3) is 10.9 Å². The summed E-state index contributed by atoms with van der Waals surface area (Å²) < 4.78 is 0. The van der Waals surface area contributed by atoms with Gasteiger partial charge in [0.2, 0.25) is 0 Å². The Bertz CT molecular complexity index is 608. The first kappa shape index (κ1) is 12.3. The number of nitro benzene ring substituents is 1. The van der Waals surface area contributed by atoms with Crippen molar-refractivity contribution in [3.8, 4) is 11.1 Å². The molecule has 0 aliphatic rings. The van der Waals surface area contributed by atoms with Gasteiger partial charge in [-0.3, -0.25) is 14.9 Å². The van der Waals surface area contributed by atoms with E-state index in [2.05, 4.69) is 0 Å². The number of nitro groups is 1. The van der Waals surface area contributed by atoms with E-state index in [1.165, 1.54) is 12.1 Å². The molecule has 90 valence electrons. The van der Waals surface area contributed by atoms with Gasteiger partial charge in [0.1, 0.15) is 0 Å². The van der Waals surface area contributed by atoms with E-state index in [1.807, 2.05) is 6.07 Å². The molecule has 2 aromatic rings. The third kappa shape index (κ3) is 2.55. The van der Waals surface area contributed by atoms with E-state index in [0.29, 0.717) is 5.56 Å². The average Bonchev–Trinajstić information content (AvgIpc) is 2.39. The molecule has 0 aromatic heterocycles. The molecule has 0 N–H and O–H groups in total. The lowest BCUT2D eigenvalue weighted by atomic mass is 10.0. The quantitative estimate of drug-likeness (QED) is 0.481. The number of carbonyl (C=O) groups is 1. The first-order chi connectivity index (χ1) is 8.58. The van der Waals surface area contributed by atoms with Crippen molar-refractivity contribution < 1.29 is 9.72 Å². The lowest BCUT2D eigenvalue weighted by Crippen LogP contribution is -1.90. The zero-order valence-corrected chi connectivity index (χ0v) is 9.92. The summed E-state index contributed by atoms with van der Waals surface area (Å²) in [6.45, 7) is 0. The Kier molecular flexibility index (Phi) is 3.39. The van der Waals surface area contributed by atoms with Gasteiger partial charge < -0.3 is 0 Å². The normalized spacial score (nSPS) is 10.1. The van der Waals surface area contributed by atoms with Crippen molar-refractivity contribution >= 4 is 22.5 Å².